The molecule has 110 valence electrons. The van der Waals surface area contributed by atoms with Gasteiger partial charge in [-0.15, -0.1) is 0 Å². The second-order valence-electron chi connectivity index (χ2n) is 5.19. The minimum absolute atomic E-state index is 0.288. The zero-order valence-electron chi connectivity index (χ0n) is 11.4. The number of carbonyl (C=O) groups is 1. The summed E-state index contributed by atoms with van der Waals surface area (Å²) in [6.07, 6.45) is -3.52. The molecule has 20 heavy (non-hydrogen) atoms. The number of nitrogens with zero attached hydrogens (tertiary/aromatic N) is 1. The van der Waals surface area contributed by atoms with Crippen molar-refractivity contribution in [3.05, 3.63) is 29.3 Å². The van der Waals surface area contributed by atoms with Gasteiger partial charge in [0.25, 0.3) is 5.91 Å². The Labute approximate surface area is 115 Å². The summed E-state index contributed by atoms with van der Waals surface area (Å²) in [6, 6.07) is 4.52. The molecule has 3 nitrogen and oxygen atoms in total. The zero-order valence-corrected chi connectivity index (χ0v) is 11.4. The quantitative estimate of drug-likeness (QED) is 0.926. The number of rotatable bonds is 3. The lowest BCUT2D eigenvalue weighted by Crippen LogP contribution is -2.43. The Morgan fingerprint density at radius 3 is 2.70 bits per heavy atom. The highest BCUT2D eigenvalue weighted by Crippen LogP contribution is 2.25. The molecule has 0 aromatic heterocycles. The van der Waals surface area contributed by atoms with E-state index in [1.807, 2.05) is 0 Å². The molecule has 1 heterocycles. The van der Waals surface area contributed by atoms with Crippen LogP contribution in [-0.2, 0) is 6.42 Å². The van der Waals surface area contributed by atoms with Crippen LogP contribution in [0.4, 0.5) is 18.9 Å². The normalized spacial score (nSPS) is 14.1. The summed E-state index contributed by atoms with van der Waals surface area (Å²) < 4.78 is 37.7. The van der Waals surface area contributed by atoms with Gasteiger partial charge in [-0.2, -0.15) is 13.2 Å². The van der Waals surface area contributed by atoms with Gasteiger partial charge in [0.1, 0.15) is 6.54 Å². The van der Waals surface area contributed by atoms with Crippen LogP contribution >= 0.6 is 0 Å². The average molecular weight is 286 g/mol. The Hall–Kier alpha value is -1.72. The van der Waals surface area contributed by atoms with E-state index < -0.39 is 24.7 Å². The third-order valence-corrected chi connectivity index (χ3v) is 3.30. The van der Waals surface area contributed by atoms with E-state index >= 15 is 0 Å². The Morgan fingerprint density at radius 2 is 2.10 bits per heavy atom. The number of hydrogen-bond acceptors (Lipinski definition) is 2. The molecule has 0 atom stereocenters. The first-order valence-corrected chi connectivity index (χ1v) is 6.52. The summed E-state index contributed by atoms with van der Waals surface area (Å²) in [6.45, 7) is 2.72. The van der Waals surface area contributed by atoms with Crippen LogP contribution in [0.1, 0.15) is 29.8 Å². The van der Waals surface area contributed by atoms with E-state index in [-0.39, 0.29) is 5.56 Å². The molecular weight excluding hydrogens is 269 g/mol. The third-order valence-electron chi connectivity index (χ3n) is 3.30. The van der Waals surface area contributed by atoms with Crippen molar-refractivity contribution in [1.29, 1.82) is 0 Å². The second-order valence-corrected chi connectivity index (χ2v) is 5.19. The number of anilines is 1. The maximum atomic E-state index is 12.6. The maximum Gasteiger partial charge on any atom is 0.406 e. The molecule has 2 rings (SSSR count). The zero-order chi connectivity index (χ0) is 14.9. The number of fused-ring (bicyclic) bond motifs is 1. The summed E-state index contributed by atoms with van der Waals surface area (Å²) in [7, 11) is 0. The first-order valence-electron chi connectivity index (χ1n) is 6.52. The Morgan fingerprint density at radius 1 is 1.40 bits per heavy atom. The smallest absolute Gasteiger partial charge is 0.384 e. The molecule has 0 saturated heterocycles. The molecule has 0 aliphatic carbocycles. The van der Waals surface area contributed by atoms with Crippen molar-refractivity contribution in [3.63, 3.8) is 0 Å². The van der Waals surface area contributed by atoms with Crippen molar-refractivity contribution in [3.8, 4) is 0 Å². The maximum absolute atomic E-state index is 12.6. The minimum Gasteiger partial charge on any atom is -0.384 e. The topological polar surface area (TPSA) is 32.3 Å². The van der Waals surface area contributed by atoms with E-state index in [9.17, 15) is 18.0 Å². The van der Waals surface area contributed by atoms with E-state index in [0.717, 1.165) is 29.1 Å². The van der Waals surface area contributed by atoms with Crippen molar-refractivity contribution in [2.75, 3.05) is 18.4 Å². The van der Waals surface area contributed by atoms with E-state index in [4.69, 9.17) is 0 Å². The van der Waals surface area contributed by atoms with Gasteiger partial charge in [0.05, 0.1) is 0 Å². The van der Waals surface area contributed by atoms with Gasteiger partial charge >= 0.3 is 6.18 Å². The number of nitrogens with one attached hydrogen (secondary N) is 1. The average Bonchev–Trinajstić information content (AvgIpc) is 2.80. The lowest BCUT2D eigenvalue weighted by Gasteiger charge is -2.28. The summed E-state index contributed by atoms with van der Waals surface area (Å²) in [5.74, 6) is -0.589. The largest absolute Gasteiger partial charge is 0.406 e. The number of amides is 1. The van der Waals surface area contributed by atoms with Gasteiger partial charge in [-0.05, 0) is 38.0 Å². The van der Waals surface area contributed by atoms with Crippen LogP contribution in [0, 0.1) is 0 Å². The fourth-order valence-electron chi connectivity index (χ4n) is 2.27. The summed E-state index contributed by atoms with van der Waals surface area (Å²) in [5.41, 5.74) is 2.22. The molecule has 1 aromatic carbocycles. The summed E-state index contributed by atoms with van der Waals surface area (Å²) in [4.78, 5) is 13.1. The number of halogens is 3. The Balaban J connectivity index is 2.23. The van der Waals surface area contributed by atoms with Crippen molar-refractivity contribution >= 4 is 11.6 Å². The van der Waals surface area contributed by atoms with Crippen LogP contribution < -0.4 is 5.32 Å². The van der Waals surface area contributed by atoms with Crippen molar-refractivity contribution in [2.45, 2.75) is 32.5 Å². The van der Waals surface area contributed by atoms with Gasteiger partial charge < -0.3 is 10.2 Å². The van der Waals surface area contributed by atoms with Crippen LogP contribution in [0.2, 0.25) is 0 Å². The SMILES string of the molecule is CC(C)N(CC(F)(F)F)C(=O)c1ccc2c(c1)NCC2. The van der Waals surface area contributed by atoms with E-state index in [2.05, 4.69) is 5.32 Å². The van der Waals surface area contributed by atoms with Crippen LogP contribution in [-0.4, -0.2) is 36.1 Å². The van der Waals surface area contributed by atoms with Gasteiger partial charge in [-0.3, -0.25) is 4.79 Å². The number of hydrogen-bond donors (Lipinski definition) is 1. The molecule has 0 fully saturated rings. The van der Waals surface area contributed by atoms with Crippen LogP contribution in [0.5, 0.6) is 0 Å². The number of benzene rings is 1. The molecule has 0 saturated carbocycles. The Kier molecular flexibility index (Phi) is 3.92. The summed E-state index contributed by atoms with van der Waals surface area (Å²) >= 11 is 0. The molecule has 1 aromatic rings. The molecule has 0 bridgehead atoms. The standard InChI is InChI=1S/C14H17F3N2O/c1-9(2)19(8-14(15,16)17)13(20)11-4-3-10-5-6-18-12(10)7-11/h3-4,7,9,18H,5-6,8H2,1-2H3. The summed E-state index contributed by atoms with van der Waals surface area (Å²) in [5, 5.41) is 3.12. The number of alkyl halides is 3. The van der Waals surface area contributed by atoms with Crippen molar-refractivity contribution in [2.24, 2.45) is 0 Å². The lowest BCUT2D eigenvalue weighted by molar-refractivity contribution is -0.143. The number of carbonyl (C=O) groups excluding carboxylic acids is 1. The first-order chi connectivity index (χ1) is 9.28. The molecule has 1 N–H and O–H groups in total. The molecule has 1 amide bonds. The monoisotopic (exact) mass is 286 g/mol. The second kappa shape index (κ2) is 5.34. The lowest BCUT2D eigenvalue weighted by atomic mass is 10.1. The van der Waals surface area contributed by atoms with Gasteiger partial charge in [-0.25, -0.2) is 0 Å². The van der Waals surface area contributed by atoms with Gasteiger partial charge in [0.15, 0.2) is 0 Å². The van der Waals surface area contributed by atoms with Crippen LogP contribution in [0.25, 0.3) is 0 Å². The van der Waals surface area contributed by atoms with E-state index in [1.54, 1.807) is 32.0 Å². The predicted molar refractivity (Wildman–Crippen MR) is 70.9 cm³/mol. The van der Waals surface area contributed by atoms with Gasteiger partial charge in [-0.1, -0.05) is 6.07 Å². The molecule has 0 unspecified atom stereocenters. The highest BCUT2D eigenvalue weighted by Gasteiger charge is 2.34. The van der Waals surface area contributed by atoms with E-state index in [0.29, 0.717) is 0 Å². The molecule has 6 heteroatoms. The third kappa shape index (κ3) is 3.23. The fraction of sp³-hybridized carbons (Fsp3) is 0.500. The Bertz CT molecular complexity index is 512. The molecule has 1 aliphatic rings. The van der Waals surface area contributed by atoms with Crippen molar-refractivity contribution < 1.29 is 18.0 Å². The molecule has 0 radical (unpaired) electrons. The first kappa shape index (κ1) is 14.7. The molecule has 1 aliphatic heterocycles. The highest BCUT2D eigenvalue weighted by atomic mass is 19.4. The predicted octanol–water partition coefficient (Wildman–Crippen LogP) is 3.07. The van der Waals surface area contributed by atoms with Crippen LogP contribution in [0.3, 0.4) is 0 Å². The van der Waals surface area contributed by atoms with E-state index in [1.165, 1.54) is 0 Å². The van der Waals surface area contributed by atoms with Crippen molar-refractivity contribution in [1.82, 2.24) is 4.90 Å². The molecule has 0 spiro atoms. The fourth-order valence-corrected chi connectivity index (χ4v) is 2.27. The van der Waals surface area contributed by atoms with Crippen LogP contribution in [0.15, 0.2) is 18.2 Å². The van der Waals surface area contributed by atoms with Gasteiger partial charge in [0, 0.05) is 23.8 Å². The minimum atomic E-state index is -4.39. The molecular formula is C14H17F3N2O. The highest BCUT2D eigenvalue weighted by molar-refractivity contribution is 5.95. The van der Waals surface area contributed by atoms with Gasteiger partial charge in [0.2, 0.25) is 0 Å².